The average Bonchev–Trinajstić information content (AvgIpc) is 2.98. The number of hydrogen-bond donors (Lipinski definition) is 2. The largest absolute Gasteiger partial charge is 0.383 e. The number of methoxy groups -OCH3 is 1. The van der Waals surface area contributed by atoms with Gasteiger partial charge in [0.05, 0.1) is 11.9 Å². The normalized spacial score (nSPS) is 21.3. The van der Waals surface area contributed by atoms with Crippen molar-refractivity contribution in [3.63, 3.8) is 0 Å². The van der Waals surface area contributed by atoms with Crippen molar-refractivity contribution < 1.29 is 13.2 Å². The lowest BCUT2D eigenvalue weighted by atomic mass is 10.2. The lowest BCUT2D eigenvalue weighted by molar-refractivity contribution is 0.200. The predicted octanol–water partition coefficient (Wildman–Crippen LogP) is -0.322. The Kier molecular flexibility index (Phi) is 4.51. The summed E-state index contributed by atoms with van der Waals surface area (Å²) in [6, 6.07) is -0.102. The van der Waals surface area contributed by atoms with Gasteiger partial charge in [0, 0.05) is 19.7 Å². The standard InChI is InChI=1S/C9H20N2O3S/c1-7(6-14-2)15(12,13)11-9(5-10)8-3-4-8/h7-9,11H,3-6,10H2,1-2H3/t7-,9-/m1/s1. The first-order valence-electron chi connectivity index (χ1n) is 5.21. The van der Waals surface area contributed by atoms with Crippen molar-refractivity contribution >= 4 is 10.0 Å². The molecule has 0 saturated heterocycles. The molecule has 3 N–H and O–H groups in total. The van der Waals surface area contributed by atoms with Crippen LogP contribution in [0.15, 0.2) is 0 Å². The van der Waals surface area contributed by atoms with Gasteiger partial charge in [-0.25, -0.2) is 13.1 Å². The van der Waals surface area contributed by atoms with Crippen LogP contribution in [0.1, 0.15) is 19.8 Å². The minimum Gasteiger partial charge on any atom is -0.383 e. The number of sulfonamides is 1. The van der Waals surface area contributed by atoms with Crippen LogP contribution >= 0.6 is 0 Å². The van der Waals surface area contributed by atoms with Gasteiger partial charge in [0.1, 0.15) is 0 Å². The van der Waals surface area contributed by atoms with Gasteiger partial charge in [-0.15, -0.1) is 0 Å². The Balaban J connectivity index is 2.53. The van der Waals surface area contributed by atoms with Crippen molar-refractivity contribution in [2.45, 2.75) is 31.1 Å². The van der Waals surface area contributed by atoms with E-state index in [1.165, 1.54) is 7.11 Å². The van der Waals surface area contributed by atoms with E-state index in [1.807, 2.05) is 0 Å². The van der Waals surface area contributed by atoms with Gasteiger partial charge in [-0.1, -0.05) is 0 Å². The molecule has 2 atom stereocenters. The summed E-state index contributed by atoms with van der Waals surface area (Å²) in [6.45, 7) is 2.20. The van der Waals surface area contributed by atoms with E-state index in [-0.39, 0.29) is 12.6 Å². The molecular formula is C9H20N2O3S. The molecule has 1 aliphatic rings. The van der Waals surface area contributed by atoms with Gasteiger partial charge in [0.15, 0.2) is 0 Å². The van der Waals surface area contributed by atoms with Crippen LogP contribution in [0, 0.1) is 5.92 Å². The molecule has 1 rings (SSSR count). The van der Waals surface area contributed by atoms with E-state index in [0.29, 0.717) is 12.5 Å². The maximum Gasteiger partial charge on any atom is 0.216 e. The molecule has 0 bridgehead atoms. The van der Waals surface area contributed by atoms with Crippen LogP contribution in [0.4, 0.5) is 0 Å². The zero-order valence-corrected chi connectivity index (χ0v) is 10.1. The Morgan fingerprint density at radius 3 is 2.53 bits per heavy atom. The van der Waals surface area contributed by atoms with Crippen LogP contribution in [-0.2, 0) is 14.8 Å². The number of nitrogens with two attached hydrogens (primary N) is 1. The summed E-state index contributed by atoms with van der Waals surface area (Å²) in [7, 11) is -1.80. The van der Waals surface area contributed by atoms with Gasteiger partial charge < -0.3 is 10.5 Å². The van der Waals surface area contributed by atoms with Gasteiger partial charge >= 0.3 is 0 Å². The Hall–Kier alpha value is -0.170. The molecule has 0 radical (unpaired) electrons. The molecule has 0 amide bonds. The first-order valence-corrected chi connectivity index (χ1v) is 6.76. The van der Waals surface area contributed by atoms with Crippen molar-refractivity contribution in [2.24, 2.45) is 11.7 Å². The topological polar surface area (TPSA) is 81.4 Å². The smallest absolute Gasteiger partial charge is 0.216 e. The first kappa shape index (κ1) is 12.9. The Labute approximate surface area is 91.4 Å². The summed E-state index contributed by atoms with van der Waals surface area (Å²) in [6.07, 6.45) is 2.14. The van der Waals surface area contributed by atoms with Gasteiger partial charge in [-0.3, -0.25) is 0 Å². The molecule has 15 heavy (non-hydrogen) atoms. The average molecular weight is 236 g/mol. The molecule has 90 valence electrons. The zero-order chi connectivity index (χ0) is 11.5. The van der Waals surface area contributed by atoms with Gasteiger partial charge in [0.25, 0.3) is 0 Å². The molecule has 6 heteroatoms. The van der Waals surface area contributed by atoms with Gasteiger partial charge in [-0.2, -0.15) is 0 Å². The number of hydrogen-bond acceptors (Lipinski definition) is 4. The Morgan fingerprint density at radius 2 is 2.13 bits per heavy atom. The molecular weight excluding hydrogens is 216 g/mol. The Morgan fingerprint density at radius 1 is 1.53 bits per heavy atom. The molecule has 0 aromatic heterocycles. The number of ether oxygens (including phenoxy) is 1. The van der Waals surface area contributed by atoms with Crippen LogP contribution in [0.5, 0.6) is 0 Å². The van der Waals surface area contributed by atoms with Crippen LogP contribution in [0.2, 0.25) is 0 Å². The molecule has 0 aliphatic heterocycles. The molecule has 5 nitrogen and oxygen atoms in total. The predicted molar refractivity (Wildman–Crippen MR) is 59.0 cm³/mol. The van der Waals surface area contributed by atoms with Crippen LogP contribution in [0.3, 0.4) is 0 Å². The summed E-state index contributed by atoms with van der Waals surface area (Å²) in [5.41, 5.74) is 5.54. The van der Waals surface area contributed by atoms with E-state index in [4.69, 9.17) is 10.5 Å². The highest BCUT2D eigenvalue weighted by Crippen LogP contribution is 2.32. The van der Waals surface area contributed by atoms with Crippen molar-refractivity contribution in [1.29, 1.82) is 0 Å². The lowest BCUT2D eigenvalue weighted by Gasteiger charge is -2.19. The third-order valence-corrected chi connectivity index (χ3v) is 4.52. The van der Waals surface area contributed by atoms with E-state index >= 15 is 0 Å². The second-order valence-electron chi connectivity index (χ2n) is 4.11. The molecule has 0 unspecified atom stereocenters. The highest BCUT2D eigenvalue weighted by atomic mass is 32.2. The Bertz CT molecular complexity index is 288. The van der Waals surface area contributed by atoms with E-state index in [0.717, 1.165) is 12.8 Å². The summed E-state index contributed by atoms with van der Waals surface area (Å²) in [5.74, 6) is 0.430. The zero-order valence-electron chi connectivity index (χ0n) is 9.27. The minimum absolute atomic E-state index is 0.102. The summed E-state index contributed by atoms with van der Waals surface area (Å²) in [4.78, 5) is 0. The summed E-state index contributed by atoms with van der Waals surface area (Å²) >= 11 is 0. The third kappa shape index (κ3) is 3.71. The highest BCUT2D eigenvalue weighted by Gasteiger charge is 2.34. The van der Waals surface area contributed by atoms with Gasteiger partial charge in [-0.05, 0) is 25.7 Å². The maximum absolute atomic E-state index is 11.8. The van der Waals surface area contributed by atoms with Crippen molar-refractivity contribution in [1.82, 2.24) is 4.72 Å². The van der Waals surface area contributed by atoms with Crippen LogP contribution < -0.4 is 10.5 Å². The molecule has 0 aromatic rings. The first-order chi connectivity index (χ1) is 7.01. The quantitative estimate of drug-likeness (QED) is 0.634. The van der Waals surface area contributed by atoms with Crippen LogP contribution in [-0.4, -0.2) is 40.0 Å². The van der Waals surface area contributed by atoms with Crippen molar-refractivity contribution in [3.05, 3.63) is 0 Å². The number of nitrogens with one attached hydrogen (secondary N) is 1. The second-order valence-corrected chi connectivity index (χ2v) is 6.24. The molecule has 1 fully saturated rings. The molecule has 0 spiro atoms. The highest BCUT2D eigenvalue weighted by molar-refractivity contribution is 7.90. The SMILES string of the molecule is COC[C@@H](C)S(=O)(=O)N[C@H](CN)C1CC1. The van der Waals surface area contributed by atoms with E-state index < -0.39 is 15.3 Å². The fourth-order valence-corrected chi connectivity index (χ4v) is 2.75. The monoisotopic (exact) mass is 236 g/mol. The minimum atomic E-state index is -3.29. The second kappa shape index (κ2) is 5.25. The molecule has 0 aromatic carbocycles. The van der Waals surface area contributed by atoms with Crippen molar-refractivity contribution in [2.75, 3.05) is 20.3 Å². The fourth-order valence-electron chi connectivity index (χ4n) is 1.49. The van der Waals surface area contributed by atoms with E-state index in [2.05, 4.69) is 4.72 Å². The molecule has 1 saturated carbocycles. The van der Waals surface area contributed by atoms with Gasteiger partial charge in [0.2, 0.25) is 10.0 Å². The third-order valence-electron chi connectivity index (χ3n) is 2.69. The lowest BCUT2D eigenvalue weighted by Crippen LogP contribution is -2.46. The number of rotatable bonds is 7. The molecule has 1 aliphatic carbocycles. The van der Waals surface area contributed by atoms with E-state index in [1.54, 1.807) is 6.92 Å². The fraction of sp³-hybridized carbons (Fsp3) is 1.00. The van der Waals surface area contributed by atoms with Crippen LogP contribution in [0.25, 0.3) is 0 Å². The maximum atomic E-state index is 11.8. The summed E-state index contributed by atoms with van der Waals surface area (Å²) in [5, 5.41) is -0.532. The van der Waals surface area contributed by atoms with Crippen molar-refractivity contribution in [3.8, 4) is 0 Å². The van der Waals surface area contributed by atoms with E-state index in [9.17, 15) is 8.42 Å². The summed E-state index contributed by atoms with van der Waals surface area (Å²) < 4.78 is 31.0. The molecule has 0 heterocycles.